The average molecular weight is 224 g/mol. The Balaban J connectivity index is 2.78. The molecule has 0 aliphatic carbocycles. The summed E-state index contributed by atoms with van der Waals surface area (Å²) in [5.41, 5.74) is 0.976. The molecular formula is C9H6NO2S2. The van der Waals surface area contributed by atoms with Gasteiger partial charge in [-0.05, 0) is 5.56 Å². The van der Waals surface area contributed by atoms with Gasteiger partial charge in [-0.2, -0.15) is 0 Å². The van der Waals surface area contributed by atoms with E-state index in [1.165, 1.54) is 12.1 Å². The standard InChI is InChI=1S/C9H6NO2S2/c11-10(12)8-3-1-7(2-4-8)5-9(14)6-13/h1-4H,5H2. The molecule has 5 heteroatoms. The normalized spacial score (nSPS) is 9.43. The number of hydrogen-bond acceptors (Lipinski definition) is 4. The molecule has 0 aliphatic rings. The highest BCUT2D eigenvalue weighted by molar-refractivity contribution is 7.88. The van der Waals surface area contributed by atoms with Gasteiger partial charge in [-0.15, -0.1) is 0 Å². The summed E-state index contributed by atoms with van der Waals surface area (Å²) in [5.74, 6) is 0. The van der Waals surface area contributed by atoms with Gasteiger partial charge in [0.2, 0.25) is 0 Å². The van der Waals surface area contributed by atoms with Gasteiger partial charge in [0.25, 0.3) is 5.69 Å². The first-order chi connectivity index (χ1) is 6.63. The second-order valence-electron chi connectivity index (χ2n) is 2.63. The van der Waals surface area contributed by atoms with E-state index in [1.807, 2.05) is 0 Å². The molecule has 0 heterocycles. The maximum absolute atomic E-state index is 10.3. The third-order valence-electron chi connectivity index (χ3n) is 1.63. The van der Waals surface area contributed by atoms with Gasteiger partial charge in [0.05, 0.1) is 10.3 Å². The van der Waals surface area contributed by atoms with Crippen molar-refractivity contribution in [3.8, 4) is 0 Å². The van der Waals surface area contributed by atoms with Crippen molar-refractivity contribution in [1.82, 2.24) is 0 Å². The molecular weight excluding hydrogens is 218 g/mol. The van der Waals surface area contributed by atoms with E-state index in [4.69, 9.17) is 12.2 Å². The smallest absolute Gasteiger partial charge is 0.258 e. The highest BCUT2D eigenvalue weighted by Crippen LogP contribution is 2.12. The SMILES string of the molecule is O=[N+]([O-])c1ccc(CC(=S)[C]=S)cc1. The van der Waals surface area contributed by atoms with E-state index in [0.29, 0.717) is 11.3 Å². The highest BCUT2D eigenvalue weighted by atomic mass is 32.1. The first-order valence-corrected chi connectivity index (χ1v) is 4.59. The number of benzene rings is 1. The molecule has 0 aromatic heterocycles. The maximum Gasteiger partial charge on any atom is 0.269 e. The summed E-state index contributed by atoms with van der Waals surface area (Å²) in [4.78, 5) is 10.4. The molecule has 0 spiro atoms. The van der Waals surface area contributed by atoms with Crippen molar-refractivity contribution in [1.29, 1.82) is 0 Å². The Hall–Kier alpha value is -1.20. The number of hydrogen-bond donors (Lipinski definition) is 0. The Morgan fingerprint density at radius 1 is 1.43 bits per heavy atom. The summed E-state index contributed by atoms with van der Waals surface area (Å²) < 4.78 is 0. The number of rotatable bonds is 4. The Bertz CT molecular complexity index is 373. The number of nitro groups is 1. The molecule has 0 bridgehead atoms. The number of nitro benzene ring substituents is 1. The predicted molar refractivity (Wildman–Crippen MR) is 62.0 cm³/mol. The summed E-state index contributed by atoms with van der Waals surface area (Å²) in [6.45, 7) is 0. The molecule has 71 valence electrons. The molecule has 1 aromatic rings. The van der Waals surface area contributed by atoms with Crippen LogP contribution >= 0.6 is 24.4 Å². The van der Waals surface area contributed by atoms with Crippen molar-refractivity contribution in [3.05, 3.63) is 39.9 Å². The summed E-state index contributed by atoms with van der Waals surface area (Å²) in [6, 6.07) is 6.22. The van der Waals surface area contributed by atoms with E-state index in [0.717, 1.165) is 5.56 Å². The third kappa shape index (κ3) is 2.93. The van der Waals surface area contributed by atoms with E-state index in [9.17, 15) is 10.1 Å². The molecule has 0 unspecified atom stereocenters. The van der Waals surface area contributed by atoms with Gasteiger partial charge in [-0.3, -0.25) is 10.1 Å². The monoisotopic (exact) mass is 224 g/mol. The van der Waals surface area contributed by atoms with Gasteiger partial charge in [0.15, 0.2) is 0 Å². The first-order valence-electron chi connectivity index (χ1n) is 3.78. The lowest BCUT2D eigenvalue weighted by Gasteiger charge is -1.97. The van der Waals surface area contributed by atoms with Crippen LogP contribution in [0.3, 0.4) is 0 Å². The number of non-ortho nitro benzene ring substituents is 1. The van der Waals surface area contributed by atoms with Crippen molar-refractivity contribution in [2.45, 2.75) is 6.42 Å². The van der Waals surface area contributed by atoms with E-state index in [2.05, 4.69) is 17.6 Å². The first kappa shape index (κ1) is 10.9. The lowest BCUT2D eigenvalue weighted by molar-refractivity contribution is -0.384. The minimum Gasteiger partial charge on any atom is -0.258 e. The maximum atomic E-state index is 10.3. The van der Waals surface area contributed by atoms with Crippen molar-refractivity contribution >= 4 is 40.4 Å². The van der Waals surface area contributed by atoms with Gasteiger partial charge < -0.3 is 0 Å². The fraction of sp³-hybridized carbons (Fsp3) is 0.111. The molecule has 3 nitrogen and oxygen atoms in total. The number of thiocarbonyl (C=S) groups is 2. The van der Waals surface area contributed by atoms with Gasteiger partial charge in [-0.25, -0.2) is 0 Å². The summed E-state index contributed by atoms with van der Waals surface area (Å²) in [6.07, 6.45) is 0.511. The quantitative estimate of drug-likeness (QED) is 0.447. The van der Waals surface area contributed by atoms with E-state index < -0.39 is 4.92 Å². The summed E-state index contributed by atoms with van der Waals surface area (Å²) in [7, 11) is 0. The van der Waals surface area contributed by atoms with E-state index >= 15 is 0 Å². The minimum absolute atomic E-state index is 0.0750. The minimum atomic E-state index is -0.437. The molecule has 0 fully saturated rings. The molecule has 0 atom stereocenters. The summed E-state index contributed by atoms with van der Waals surface area (Å²) in [5, 5.41) is 12.8. The lowest BCUT2D eigenvalue weighted by atomic mass is 10.1. The zero-order valence-corrected chi connectivity index (χ0v) is 8.73. The Morgan fingerprint density at radius 3 is 2.43 bits per heavy atom. The van der Waals surface area contributed by atoms with Crippen molar-refractivity contribution in [2.24, 2.45) is 0 Å². The highest BCUT2D eigenvalue weighted by Gasteiger charge is 2.04. The van der Waals surface area contributed by atoms with Gasteiger partial charge in [0.1, 0.15) is 0 Å². The van der Waals surface area contributed by atoms with Crippen LogP contribution in [0.15, 0.2) is 24.3 Å². The van der Waals surface area contributed by atoms with Crippen LogP contribution in [-0.2, 0) is 6.42 Å². The van der Waals surface area contributed by atoms with E-state index in [1.54, 1.807) is 12.1 Å². The van der Waals surface area contributed by atoms with Gasteiger partial charge >= 0.3 is 0 Å². The molecule has 1 radical (unpaired) electrons. The second kappa shape index (κ2) is 4.88. The number of nitrogens with zero attached hydrogens (tertiary/aromatic N) is 1. The molecule has 0 N–H and O–H groups in total. The zero-order chi connectivity index (χ0) is 10.6. The topological polar surface area (TPSA) is 43.1 Å². The van der Waals surface area contributed by atoms with Crippen molar-refractivity contribution in [3.63, 3.8) is 0 Å². The Morgan fingerprint density at radius 2 is 2.00 bits per heavy atom. The molecule has 1 aromatic carbocycles. The molecule has 0 saturated carbocycles. The summed E-state index contributed by atoms with van der Waals surface area (Å²) >= 11 is 9.41. The molecule has 1 rings (SSSR count). The fourth-order valence-corrected chi connectivity index (χ4v) is 1.20. The van der Waals surface area contributed by atoms with Crippen LogP contribution in [-0.4, -0.2) is 15.2 Å². The second-order valence-corrected chi connectivity index (χ2v) is 3.32. The third-order valence-corrected chi connectivity index (χ3v) is 2.25. The van der Waals surface area contributed by atoms with E-state index in [-0.39, 0.29) is 5.69 Å². The van der Waals surface area contributed by atoms with Crippen LogP contribution in [0.4, 0.5) is 5.69 Å². The van der Waals surface area contributed by atoms with Crippen LogP contribution in [0.5, 0.6) is 0 Å². The van der Waals surface area contributed by atoms with Gasteiger partial charge in [0, 0.05) is 23.4 Å². The fourth-order valence-electron chi connectivity index (χ4n) is 0.957. The van der Waals surface area contributed by atoms with Crippen LogP contribution in [0.25, 0.3) is 0 Å². The largest absolute Gasteiger partial charge is 0.269 e. The van der Waals surface area contributed by atoms with Crippen LogP contribution < -0.4 is 0 Å². The molecule has 0 saturated heterocycles. The lowest BCUT2D eigenvalue weighted by Crippen LogP contribution is -1.99. The predicted octanol–water partition coefficient (Wildman–Crippen LogP) is 2.38. The Labute approximate surface area is 91.9 Å². The Kier molecular flexibility index (Phi) is 3.79. The van der Waals surface area contributed by atoms with Crippen molar-refractivity contribution < 1.29 is 4.92 Å². The van der Waals surface area contributed by atoms with Gasteiger partial charge in [-0.1, -0.05) is 36.6 Å². The van der Waals surface area contributed by atoms with Crippen LogP contribution in [0, 0.1) is 10.1 Å². The molecule has 14 heavy (non-hydrogen) atoms. The average Bonchev–Trinajstić information content (AvgIpc) is 2.18. The van der Waals surface area contributed by atoms with Crippen LogP contribution in [0.2, 0.25) is 0 Å². The van der Waals surface area contributed by atoms with Crippen LogP contribution in [0.1, 0.15) is 5.56 Å². The molecule has 0 aliphatic heterocycles. The molecule has 0 amide bonds. The zero-order valence-electron chi connectivity index (χ0n) is 7.10. The van der Waals surface area contributed by atoms with Crippen molar-refractivity contribution in [2.75, 3.05) is 0 Å².